The summed E-state index contributed by atoms with van der Waals surface area (Å²) in [4.78, 5) is 19.7. The molecule has 5 nitrogen and oxygen atoms in total. The van der Waals surface area contributed by atoms with Gasteiger partial charge in [-0.05, 0) is 19.1 Å². The monoisotopic (exact) mass is 281 g/mol. The quantitative estimate of drug-likeness (QED) is 0.873. The van der Waals surface area contributed by atoms with E-state index in [2.05, 4.69) is 20.0 Å². The summed E-state index contributed by atoms with van der Waals surface area (Å²) >= 11 is 1.15. The molecule has 0 saturated heterocycles. The molecule has 0 radical (unpaired) electrons. The Bertz CT molecular complexity index is 588. The highest BCUT2D eigenvalue weighted by atomic mass is 32.1. The molecule has 1 N–H and O–H groups in total. The van der Waals surface area contributed by atoms with Gasteiger partial charge in [-0.2, -0.15) is 0 Å². The number of ether oxygens (including phenoxy) is 1. The maximum atomic E-state index is 13.5. The number of nitrogens with one attached hydrogen (secondary N) is 1. The summed E-state index contributed by atoms with van der Waals surface area (Å²) in [6.07, 6.45) is 2.94. The van der Waals surface area contributed by atoms with E-state index in [1.165, 1.54) is 31.6 Å². The van der Waals surface area contributed by atoms with Crippen molar-refractivity contribution >= 4 is 22.4 Å². The fourth-order valence-electron chi connectivity index (χ4n) is 1.51. The first-order valence-corrected chi connectivity index (χ1v) is 6.34. The minimum atomic E-state index is -0.442. The van der Waals surface area contributed by atoms with Crippen molar-refractivity contribution in [2.75, 3.05) is 12.4 Å². The highest BCUT2D eigenvalue weighted by molar-refractivity contribution is 7.17. The second kappa shape index (κ2) is 5.75. The third-order valence-electron chi connectivity index (χ3n) is 2.43. The number of pyridine rings is 1. The zero-order chi connectivity index (χ0) is 13.8. The third kappa shape index (κ3) is 3.05. The fraction of sp³-hybridized carbons (Fsp3) is 0.250. The first-order chi connectivity index (χ1) is 9.11. The molecule has 0 aliphatic rings. The lowest BCUT2D eigenvalue weighted by molar-refractivity contribution is 0.0606. The van der Waals surface area contributed by atoms with Crippen LogP contribution in [0.2, 0.25) is 0 Å². The maximum absolute atomic E-state index is 13.5. The van der Waals surface area contributed by atoms with E-state index in [0.29, 0.717) is 15.7 Å². The molecule has 0 aliphatic heterocycles. The van der Waals surface area contributed by atoms with E-state index in [9.17, 15) is 9.18 Å². The standard InChI is InChI=1S/C12H12FN3O2S/c1-7(10-8(13)4-3-5-14-10)16-12-15-6-9(19-12)11(17)18-2/h3-7H,1-2H3,(H,15,16)/t7-/m0/s1. The Kier molecular flexibility index (Phi) is 4.06. The average molecular weight is 281 g/mol. The van der Waals surface area contributed by atoms with Crippen LogP contribution in [-0.4, -0.2) is 23.0 Å². The summed E-state index contributed by atoms with van der Waals surface area (Å²) < 4.78 is 18.1. The number of halogens is 1. The van der Waals surface area contributed by atoms with Gasteiger partial charge in [-0.1, -0.05) is 11.3 Å². The van der Waals surface area contributed by atoms with Gasteiger partial charge in [0.1, 0.15) is 10.7 Å². The summed E-state index contributed by atoms with van der Waals surface area (Å²) in [5.41, 5.74) is 0.303. The number of rotatable bonds is 4. The number of carbonyl (C=O) groups excluding carboxylic acids is 1. The molecule has 0 fully saturated rings. The number of aromatic nitrogens is 2. The number of carbonyl (C=O) groups is 1. The Morgan fingerprint density at radius 3 is 3.00 bits per heavy atom. The summed E-state index contributed by atoms with van der Waals surface area (Å²) in [5.74, 6) is -0.825. The number of hydrogen-bond donors (Lipinski definition) is 1. The molecule has 7 heteroatoms. The van der Waals surface area contributed by atoms with Crippen LogP contribution in [0.4, 0.5) is 9.52 Å². The summed E-state index contributed by atoms with van der Waals surface area (Å²) in [6.45, 7) is 1.77. The molecule has 0 amide bonds. The van der Waals surface area contributed by atoms with E-state index in [1.807, 2.05) is 0 Å². The molecule has 0 bridgehead atoms. The zero-order valence-electron chi connectivity index (χ0n) is 10.4. The van der Waals surface area contributed by atoms with Gasteiger partial charge in [-0.3, -0.25) is 4.98 Å². The Balaban J connectivity index is 2.11. The van der Waals surface area contributed by atoms with Crippen LogP contribution in [0.15, 0.2) is 24.5 Å². The van der Waals surface area contributed by atoms with Crippen molar-refractivity contribution in [2.24, 2.45) is 0 Å². The van der Waals surface area contributed by atoms with Gasteiger partial charge >= 0.3 is 5.97 Å². The van der Waals surface area contributed by atoms with Gasteiger partial charge in [-0.25, -0.2) is 14.2 Å². The van der Waals surface area contributed by atoms with Crippen LogP contribution in [0.5, 0.6) is 0 Å². The summed E-state index contributed by atoms with van der Waals surface area (Å²) in [6, 6.07) is 2.53. The highest BCUT2D eigenvalue weighted by Gasteiger charge is 2.15. The van der Waals surface area contributed by atoms with Crippen LogP contribution < -0.4 is 5.32 Å². The van der Waals surface area contributed by atoms with Crippen molar-refractivity contribution in [3.63, 3.8) is 0 Å². The summed E-state index contributed by atoms with van der Waals surface area (Å²) in [5, 5.41) is 3.51. The molecule has 19 heavy (non-hydrogen) atoms. The third-order valence-corrected chi connectivity index (χ3v) is 3.34. The first-order valence-electron chi connectivity index (χ1n) is 5.53. The first kappa shape index (κ1) is 13.4. The fourth-order valence-corrected chi connectivity index (χ4v) is 2.33. The van der Waals surface area contributed by atoms with Gasteiger partial charge < -0.3 is 10.1 Å². The van der Waals surface area contributed by atoms with Crippen LogP contribution >= 0.6 is 11.3 Å². The Morgan fingerprint density at radius 2 is 2.32 bits per heavy atom. The van der Waals surface area contributed by atoms with E-state index in [1.54, 1.807) is 6.92 Å². The number of esters is 1. The van der Waals surface area contributed by atoms with E-state index >= 15 is 0 Å². The lowest BCUT2D eigenvalue weighted by atomic mass is 10.2. The van der Waals surface area contributed by atoms with Crippen LogP contribution in [0.3, 0.4) is 0 Å². The number of nitrogens with zero attached hydrogens (tertiary/aromatic N) is 2. The zero-order valence-corrected chi connectivity index (χ0v) is 11.2. The molecule has 0 saturated carbocycles. The molecule has 1 atom stereocenters. The molecular weight excluding hydrogens is 269 g/mol. The minimum absolute atomic E-state index is 0.303. The van der Waals surface area contributed by atoms with Gasteiger partial charge in [0, 0.05) is 6.20 Å². The normalized spacial score (nSPS) is 11.9. The molecule has 0 aromatic carbocycles. The van der Waals surface area contributed by atoms with E-state index < -0.39 is 5.97 Å². The van der Waals surface area contributed by atoms with Gasteiger partial charge in [0.15, 0.2) is 5.13 Å². The van der Waals surface area contributed by atoms with Crippen LogP contribution in [0, 0.1) is 5.82 Å². The SMILES string of the molecule is COC(=O)c1cnc(N[C@@H](C)c2ncccc2F)s1. The Hall–Kier alpha value is -2.02. The van der Waals surface area contributed by atoms with Gasteiger partial charge in [-0.15, -0.1) is 0 Å². The molecule has 0 unspecified atom stereocenters. The molecule has 2 rings (SSSR count). The number of hydrogen-bond acceptors (Lipinski definition) is 6. The minimum Gasteiger partial charge on any atom is -0.465 e. The predicted octanol–water partition coefficient (Wildman–Crippen LogP) is 2.64. The highest BCUT2D eigenvalue weighted by Crippen LogP contribution is 2.24. The molecule has 100 valence electrons. The van der Waals surface area contributed by atoms with Crippen molar-refractivity contribution in [3.05, 3.63) is 40.9 Å². The second-order valence-corrected chi connectivity index (χ2v) is 4.79. The van der Waals surface area contributed by atoms with Crippen molar-refractivity contribution in [2.45, 2.75) is 13.0 Å². The molecule has 0 aliphatic carbocycles. The second-order valence-electron chi connectivity index (χ2n) is 3.76. The topological polar surface area (TPSA) is 64.1 Å². The lowest BCUT2D eigenvalue weighted by Crippen LogP contribution is -2.10. The average Bonchev–Trinajstić information content (AvgIpc) is 2.86. The van der Waals surface area contributed by atoms with Gasteiger partial charge in [0.2, 0.25) is 0 Å². The number of anilines is 1. The molecule has 0 spiro atoms. The van der Waals surface area contributed by atoms with E-state index in [-0.39, 0.29) is 11.9 Å². The van der Waals surface area contributed by atoms with Crippen molar-refractivity contribution in [1.29, 1.82) is 0 Å². The summed E-state index contributed by atoms with van der Waals surface area (Å²) in [7, 11) is 1.31. The van der Waals surface area contributed by atoms with Crippen molar-refractivity contribution < 1.29 is 13.9 Å². The molecule has 2 aromatic rings. The van der Waals surface area contributed by atoms with Crippen LogP contribution in [0.25, 0.3) is 0 Å². The Labute approximate surface area is 113 Å². The molecule has 2 aromatic heterocycles. The van der Waals surface area contributed by atoms with Crippen molar-refractivity contribution in [1.82, 2.24) is 9.97 Å². The van der Waals surface area contributed by atoms with E-state index in [4.69, 9.17) is 0 Å². The van der Waals surface area contributed by atoms with Crippen molar-refractivity contribution in [3.8, 4) is 0 Å². The number of thiazole rings is 1. The Morgan fingerprint density at radius 1 is 1.53 bits per heavy atom. The van der Waals surface area contributed by atoms with E-state index in [0.717, 1.165) is 11.3 Å². The largest absolute Gasteiger partial charge is 0.465 e. The smallest absolute Gasteiger partial charge is 0.349 e. The predicted molar refractivity (Wildman–Crippen MR) is 69.7 cm³/mol. The molecule has 2 heterocycles. The maximum Gasteiger partial charge on any atom is 0.349 e. The van der Waals surface area contributed by atoms with Crippen LogP contribution in [-0.2, 0) is 4.74 Å². The van der Waals surface area contributed by atoms with Gasteiger partial charge in [0.05, 0.1) is 25.0 Å². The lowest BCUT2D eigenvalue weighted by Gasteiger charge is -2.12. The van der Waals surface area contributed by atoms with Gasteiger partial charge in [0.25, 0.3) is 0 Å². The number of methoxy groups -OCH3 is 1. The molecular formula is C12H12FN3O2S. The van der Waals surface area contributed by atoms with Crippen LogP contribution in [0.1, 0.15) is 28.3 Å².